The summed E-state index contributed by atoms with van der Waals surface area (Å²) in [6.45, 7) is 0. The van der Waals surface area contributed by atoms with E-state index in [2.05, 4.69) is 0 Å². The molecule has 9 rings (SSSR count). The highest BCUT2D eigenvalue weighted by Gasteiger charge is 2.70. The number of hydrogen-bond acceptors (Lipinski definition) is 5. The van der Waals surface area contributed by atoms with Crippen molar-refractivity contribution in [3.05, 3.63) is 148 Å². The van der Waals surface area contributed by atoms with Crippen molar-refractivity contribution in [2.24, 2.45) is 23.7 Å². The molecule has 3 fully saturated rings. The van der Waals surface area contributed by atoms with Crippen molar-refractivity contribution in [1.29, 1.82) is 0 Å². The van der Waals surface area contributed by atoms with Crippen molar-refractivity contribution < 1.29 is 24.3 Å². The van der Waals surface area contributed by atoms with Crippen LogP contribution in [0.4, 0.5) is 11.4 Å². The molecular weight excluding hydrogens is 683 g/mol. The molecule has 1 N–H and O–H groups in total. The number of hydrogen-bond donors (Lipinski definition) is 1. The van der Waals surface area contributed by atoms with Crippen LogP contribution in [-0.4, -0.2) is 28.7 Å². The third-order valence-electron chi connectivity index (χ3n) is 11.5. The zero-order valence-electron chi connectivity index (χ0n) is 27.1. The van der Waals surface area contributed by atoms with Gasteiger partial charge in [-0.1, -0.05) is 102 Å². The topological polar surface area (TPSA) is 95.0 Å². The van der Waals surface area contributed by atoms with E-state index in [1.807, 2.05) is 66.7 Å². The Morgan fingerprint density at radius 1 is 0.647 bits per heavy atom. The molecule has 2 saturated heterocycles. The van der Waals surface area contributed by atoms with E-state index < -0.39 is 35.0 Å². The molecule has 51 heavy (non-hydrogen) atoms. The Hall–Kier alpha value is -5.24. The second kappa shape index (κ2) is 11.7. The lowest BCUT2D eigenvalue weighted by Gasteiger charge is -2.51. The molecule has 0 aromatic heterocycles. The Kier molecular flexibility index (Phi) is 7.25. The summed E-state index contributed by atoms with van der Waals surface area (Å²) in [4.78, 5) is 61.6. The monoisotopic (exact) mass is 712 g/mol. The maximum atomic E-state index is 15.5. The minimum atomic E-state index is -1.42. The van der Waals surface area contributed by atoms with Crippen LogP contribution < -0.4 is 9.80 Å². The van der Waals surface area contributed by atoms with Gasteiger partial charge in [0, 0.05) is 21.3 Å². The molecule has 4 amide bonds. The van der Waals surface area contributed by atoms with Crippen LogP contribution in [0.1, 0.15) is 29.9 Å². The number of benzene rings is 5. The predicted molar refractivity (Wildman–Crippen MR) is 196 cm³/mol. The SMILES string of the molecule is O=C1C2CC=C3C(CC4C(=O)N(c5cccc(Cl)c5)C(=O)C4(c4ccccc4)C3c3ccc(O)c4ccccc34)C2C(=O)N1c1ccc(Cl)cc1. The number of fused-ring (bicyclic) bond motifs is 5. The van der Waals surface area contributed by atoms with Gasteiger partial charge in [0.25, 0.3) is 0 Å². The van der Waals surface area contributed by atoms with Gasteiger partial charge in [0.05, 0.1) is 34.5 Å². The Balaban J connectivity index is 1.30. The molecule has 2 aliphatic heterocycles. The fourth-order valence-electron chi connectivity index (χ4n) is 9.49. The molecular formula is C42H30Cl2N2O5. The van der Waals surface area contributed by atoms with Crippen LogP contribution in [0.5, 0.6) is 5.75 Å². The van der Waals surface area contributed by atoms with Gasteiger partial charge in [-0.05, 0) is 83.8 Å². The summed E-state index contributed by atoms with van der Waals surface area (Å²) in [5.41, 5.74) is 1.68. The largest absolute Gasteiger partial charge is 0.507 e. The fraction of sp³-hybridized carbons (Fsp3) is 0.190. The highest BCUT2D eigenvalue weighted by Crippen LogP contribution is 2.65. The average Bonchev–Trinajstić information content (AvgIpc) is 3.53. The molecule has 0 radical (unpaired) electrons. The van der Waals surface area contributed by atoms with Gasteiger partial charge >= 0.3 is 0 Å². The van der Waals surface area contributed by atoms with Crippen molar-refractivity contribution in [1.82, 2.24) is 0 Å². The Morgan fingerprint density at radius 2 is 1.37 bits per heavy atom. The molecule has 2 heterocycles. The van der Waals surface area contributed by atoms with Gasteiger partial charge in [-0.2, -0.15) is 0 Å². The first-order valence-electron chi connectivity index (χ1n) is 16.9. The van der Waals surface area contributed by atoms with E-state index in [1.54, 1.807) is 54.6 Å². The summed E-state index contributed by atoms with van der Waals surface area (Å²) < 4.78 is 0. The lowest BCUT2D eigenvalue weighted by Crippen LogP contribution is -2.53. The van der Waals surface area contributed by atoms with Gasteiger partial charge in [0.15, 0.2) is 0 Å². The van der Waals surface area contributed by atoms with E-state index in [0.717, 1.165) is 16.5 Å². The van der Waals surface area contributed by atoms with Crippen LogP contribution in [0.3, 0.4) is 0 Å². The highest BCUT2D eigenvalue weighted by molar-refractivity contribution is 6.32. The van der Waals surface area contributed by atoms with Gasteiger partial charge in [-0.15, -0.1) is 0 Å². The lowest BCUT2D eigenvalue weighted by atomic mass is 9.49. The Labute approximate surface area is 303 Å². The molecule has 5 aromatic rings. The summed E-state index contributed by atoms with van der Waals surface area (Å²) in [5, 5.41) is 13.2. The molecule has 0 bridgehead atoms. The first kappa shape index (κ1) is 31.7. The summed E-state index contributed by atoms with van der Waals surface area (Å²) in [7, 11) is 0. The van der Waals surface area contributed by atoms with Crippen LogP contribution in [0, 0.1) is 23.7 Å². The molecule has 0 spiro atoms. The maximum absolute atomic E-state index is 15.5. The number of carbonyl (C=O) groups is 4. The molecule has 4 aliphatic rings. The quantitative estimate of drug-likeness (QED) is 0.150. The van der Waals surface area contributed by atoms with Crippen LogP contribution in [0.2, 0.25) is 10.0 Å². The third-order valence-corrected chi connectivity index (χ3v) is 12.0. The van der Waals surface area contributed by atoms with E-state index in [1.165, 1.54) is 9.80 Å². The van der Waals surface area contributed by atoms with Crippen molar-refractivity contribution in [2.75, 3.05) is 9.80 Å². The van der Waals surface area contributed by atoms with Gasteiger partial charge < -0.3 is 5.11 Å². The zero-order valence-corrected chi connectivity index (χ0v) is 28.6. The molecule has 6 unspecified atom stereocenters. The second-order valence-electron chi connectivity index (χ2n) is 13.8. The molecule has 252 valence electrons. The van der Waals surface area contributed by atoms with E-state index >= 15 is 4.79 Å². The van der Waals surface area contributed by atoms with Crippen molar-refractivity contribution >= 4 is 69.0 Å². The lowest BCUT2D eigenvalue weighted by molar-refractivity contribution is -0.127. The Bertz CT molecular complexity index is 2340. The number of aromatic hydroxyl groups is 1. The summed E-state index contributed by atoms with van der Waals surface area (Å²) >= 11 is 12.6. The number of halogens is 2. The molecule has 1 saturated carbocycles. The minimum absolute atomic E-state index is 0.0919. The molecule has 2 aliphatic carbocycles. The number of imide groups is 2. The number of nitrogens with zero attached hydrogens (tertiary/aromatic N) is 2. The van der Waals surface area contributed by atoms with E-state index in [0.29, 0.717) is 38.8 Å². The number of anilines is 2. The minimum Gasteiger partial charge on any atom is -0.507 e. The van der Waals surface area contributed by atoms with E-state index in [-0.39, 0.29) is 35.8 Å². The Morgan fingerprint density at radius 3 is 2.12 bits per heavy atom. The standard InChI is InChI=1S/C42H30Cl2N2O5/c43-24-13-15-26(16-14-24)45-38(48)32-18-17-31-33(36(32)40(45)50)22-34-39(49)46(27-10-6-9-25(44)21-27)41(51)42(34,23-7-2-1-3-8-23)37(31)30-19-20-35(47)29-12-5-4-11-28(29)30/h1-17,19-21,32-34,36-37,47H,18,22H2. The fourth-order valence-corrected chi connectivity index (χ4v) is 9.80. The molecule has 9 heteroatoms. The number of carbonyl (C=O) groups excluding carboxylic acids is 4. The van der Waals surface area contributed by atoms with E-state index in [4.69, 9.17) is 23.2 Å². The average molecular weight is 714 g/mol. The predicted octanol–water partition coefficient (Wildman–Crippen LogP) is 8.22. The maximum Gasteiger partial charge on any atom is 0.246 e. The van der Waals surface area contributed by atoms with Crippen molar-refractivity contribution in [3.8, 4) is 5.75 Å². The van der Waals surface area contributed by atoms with Gasteiger partial charge in [0.1, 0.15) is 5.75 Å². The summed E-state index contributed by atoms with van der Waals surface area (Å²) in [6.07, 6.45) is 2.52. The van der Waals surface area contributed by atoms with Crippen molar-refractivity contribution in [2.45, 2.75) is 24.2 Å². The van der Waals surface area contributed by atoms with Crippen LogP contribution in [0.15, 0.2) is 127 Å². The summed E-state index contributed by atoms with van der Waals surface area (Å²) in [5.74, 6) is -4.78. The highest BCUT2D eigenvalue weighted by atomic mass is 35.5. The number of amides is 4. The first-order chi connectivity index (χ1) is 24.7. The molecule has 6 atom stereocenters. The van der Waals surface area contributed by atoms with Crippen LogP contribution in [-0.2, 0) is 24.6 Å². The van der Waals surface area contributed by atoms with E-state index in [9.17, 15) is 19.5 Å². The van der Waals surface area contributed by atoms with Gasteiger partial charge in [0.2, 0.25) is 23.6 Å². The number of rotatable bonds is 4. The normalized spacial score (nSPS) is 27.0. The number of allylic oxidation sites excluding steroid dienone is 2. The van der Waals surface area contributed by atoms with Crippen LogP contribution in [0.25, 0.3) is 10.8 Å². The van der Waals surface area contributed by atoms with Crippen LogP contribution >= 0.6 is 23.2 Å². The van der Waals surface area contributed by atoms with Gasteiger partial charge in [-0.3, -0.25) is 24.1 Å². The molecule has 5 aromatic carbocycles. The zero-order chi connectivity index (χ0) is 35.2. The third kappa shape index (κ3) is 4.44. The smallest absolute Gasteiger partial charge is 0.246 e. The number of phenols is 1. The number of phenolic OH excluding ortho intramolecular Hbond substituents is 1. The van der Waals surface area contributed by atoms with Gasteiger partial charge in [-0.25, -0.2) is 4.90 Å². The van der Waals surface area contributed by atoms with Crippen molar-refractivity contribution in [3.63, 3.8) is 0 Å². The second-order valence-corrected chi connectivity index (χ2v) is 14.7. The first-order valence-corrected chi connectivity index (χ1v) is 17.7. The summed E-state index contributed by atoms with van der Waals surface area (Å²) in [6, 6.07) is 33.7. The molecule has 7 nitrogen and oxygen atoms in total.